The van der Waals surface area contributed by atoms with E-state index in [-0.39, 0.29) is 5.91 Å². The molecule has 0 radical (unpaired) electrons. The Kier molecular flexibility index (Phi) is 3.07. The van der Waals surface area contributed by atoms with Gasteiger partial charge in [0, 0.05) is 11.8 Å². The van der Waals surface area contributed by atoms with Crippen molar-refractivity contribution in [2.24, 2.45) is 0 Å². The van der Waals surface area contributed by atoms with Gasteiger partial charge in [0.25, 0.3) is 5.91 Å². The minimum absolute atomic E-state index is 0.284. The molecule has 0 fully saturated rings. The summed E-state index contributed by atoms with van der Waals surface area (Å²) in [5.74, 6) is 1.04. The summed E-state index contributed by atoms with van der Waals surface area (Å²) in [4.78, 5) is 12.7. The lowest BCUT2D eigenvalue weighted by molar-refractivity contribution is 0.102. The van der Waals surface area contributed by atoms with Crippen LogP contribution in [0.4, 0.5) is 5.69 Å². The standard InChI is InChI=1S/C12H11N5O2S/c1-7-14-15-12-17(7)16-11(20-12)10(18)13-8-4-3-5-9(6-8)19-2/h3-6H,1-2H3,(H,13,18). The largest absolute Gasteiger partial charge is 0.497 e. The second-order valence-corrected chi connectivity index (χ2v) is 4.99. The molecular formula is C12H11N5O2S. The number of carbonyl (C=O) groups excluding carboxylic acids is 1. The van der Waals surface area contributed by atoms with Crippen molar-refractivity contribution in [3.63, 3.8) is 0 Å². The zero-order chi connectivity index (χ0) is 14.1. The number of anilines is 1. The first-order valence-electron chi connectivity index (χ1n) is 5.81. The minimum atomic E-state index is -0.284. The number of hydrogen-bond acceptors (Lipinski definition) is 6. The number of ether oxygens (including phenoxy) is 1. The fourth-order valence-corrected chi connectivity index (χ4v) is 2.47. The summed E-state index contributed by atoms with van der Waals surface area (Å²) in [7, 11) is 1.58. The normalized spacial score (nSPS) is 10.7. The maximum atomic E-state index is 12.1. The maximum absolute atomic E-state index is 12.1. The minimum Gasteiger partial charge on any atom is -0.497 e. The van der Waals surface area contributed by atoms with Crippen molar-refractivity contribution in [2.75, 3.05) is 12.4 Å². The predicted molar refractivity (Wildman–Crippen MR) is 74.3 cm³/mol. The Labute approximate surface area is 118 Å². The topological polar surface area (TPSA) is 81.4 Å². The third kappa shape index (κ3) is 2.21. The van der Waals surface area contributed by atoms with Crippen molar-refractivity contribution in [3.05, 3.63) is 35.1 Å². The Bertz CT molecular complexity index is 779. The summed E-state index contributed by atoms with van der Waals surface area (Å²) in [6.45, 7) is 1.78. The third-order valence-corrected chi connectivity index (χ3v) is 3.57. The van der Waals surface area contributed by atoms with E-state index < -0.39 is 0 Å². The molecule has 1 aromatic carbocycles. The van der Waals surface area contributed by atoms with Gasteiger partial charge in [-0.2, -0.15) is 4.52 Å². The van der Waals surface area contributed by atoms with Gasteiger partial charge in [-0.25, -0.2) is 0 Å². The molecule has 0 atom stereocenters. The van der Waals surface area contributed by atoms with E-state index in [2.05, 4.69) is 20.6 Å². The van der Waals surface area contributed by atoms with E-state index in [0.29, 0.717) is 27.2 Å². The molecule has 0 aliphatic rings. The quantitative estimate of drug-likeness (QED) is 0.794. The molecule has 0 aliphatic heterocycles. The molecule has 0 spiro atoms. The SMILES string of the molecule is COc1cccc(NC(=O)c2nn3c(C)nnc3s2)c1. The molecule has 8 heteroatoms. The number of nitrogens with zero attached hydrogens (tertiary/aromatic N) is 4. The molecule has 0 saturated heterocycles. The number of methoxy groups -OCH3 is 1. The summed E-state index contributed by atoms with van der Waals surface area (Å²) in [5, 5.41) is 15.1. The highest BCUT2D eigenvalue weighted by molar-refractivity contribution is 7.18. The molecule has 2 aromatic heterocycles. The number of rotatable bonds is 3. The highest BCUT2D eigenvalue weighted by Crippen LogP contribution is 2.19. The predicted octanol–water partition coefficient (Wildman–Crippen LogP) is 1.76. The van der Waals surface area contributed by atoms with Crippen molar-refractivity contribution in [1.29, 1.82) is 0 Å². The van der Waals surface area contributed by atoms with Gasteiger partial charge in [0.15, 0.2) is 5.82 Å². The van der Waals surface area contributed by atoms with E-state index in [0.717, 1.165) is 0 Å². The zero-order valence-electron chi connectivity index (χ0n) is 10.8. The maximum Gasteiger partial charge on any atom is 0.286 e. The Hall–Kier alpha value is -2.48. The van der Waals surface area contributed by atoms with E-state index in [9.17, 15) is 4.79 Å². The smallest absolute Gasteiger partial charge is 0.286 e. The number of benzene rings is 1. The first kappa shape index (κ1) is 12.5. The first-order chi connectivity index (χ1) is 9.67. The highest BCUT2D eigenvalue weighted by Gasteiger charge is 2.15. The van der Waals surface area contributed by atoms with E-state index in [1.807, 2.05) is 6.07 Å². The highest BCUT2D eigenvalue weighted by atomic mass is 32.1. The average Bonchev–Trinajstić information content (AvgIpc) is 3.02. The van der Waals surface area contributed by atoms with Crippen molar-refractivity contribution in [1.82, 2.24) is 19.8 Å². The molecule has 1 N–H and O–H groups in total. The van der Waals surface area contributed by atoms with E-state index in [4.69, 9.17) is 4.74 Å². The molecule has 0 aliphatic carbocycles. The van der Waals surface area contributed by atoms with E-state index in [1.165, 1.54) is 11.3 Å². The van der Waals surface area contributed by atoms with E-state index in [1.54, 1.807) is 36.7 Å². The number of fused-ring (bicyclic) bond motifs is 1. The first-order valence-corrected chi connectivity index (χ1v) is 6.63. The van der Waals surface area contributed by atoms with Crippen LogP contribution in [0.5, 0.6) is 5.75 Å². The van der Waals surface area contributed by atoms with Crippen LogP contribution >= 0.6 is 11.3 Å². The Balaban J connectivity index is 1.84. The second-order valence-electron chi connectivity index (χ2n) is 4.03. The number of amides is 1. The van der Waals surface area contributed by atoms with Crippen molar-refractivity contribution in [2.45, 2.75) is 6.92 Å². The van der Waals surface area contributed by atoms with Crippen LogP contribution < -0.4 is 10.1 Å². The Morgan fingerprint density at radius 3 is 3.00 bits per heavy atom. The molecule has 3 rings (SSSR count). The van der Waals surface area contributed by atoms with Crippen LogP contribution in [0.15, 0.2) is 24.3 Å². The molecule has 20 heavy (non-hydrogen) atoms. The van der Waals surface area contributed by atoms with Crippen LogP contribution in [-0.2, 0) is 0 Å². The number of aryl methyl sites for hydroxylation is 1. The molecule has 1 amide bonds. The Morgan fingerprint density at radius 1 is 1.40 bits per heavy atom. The Morgan fingerprint density at radius 2 is 2.25 bits per heavy atom. The van der Waals surface area contributed by atoms with Gasteiger partial charge in [-0.1, -0.05) is 17.4 Å². The van der Waals surface area contributed by atoms with Gasteiger partial charge in [0.1, 0.15) is 5.75 Å². The van der Waals surface area contributed by atoms with Crippen molar-refractivity contribution in [3.8, 4) is 5.75 Å². The third-order valence-electron chi connectivity index (χ3n) is 2.67. The van der Waals surface area contributed by atoms with Crippen LogP contribution in [0.3, 0.4) is 0 Å². The summed E-state index contributed by atoms with van der Waals surface area (Å²) in [6, 6.07) is 7.13. The van der Waals surface area contributed by atoms with Gasteiger partial charge >= 0.3 is 0 Å². The number of hydrogen-bond donors (Lipinski definition) is 1. The molecular weight excluding hydrogens is 278 g/mol. The fraction of sp³-hybridized carbons (Fsp3) is 0.167. The summed E-state index contributed by atoms with van der Waals surface area (Å²) >= 11 is 1.19. The lowest BCUT2D eigenvalue weighted by Crippen LogP contribution is -2.12. The summed E-state index contributed by atoms with van der Waals surface area (Å²) in [6.07, 6.45) is 0. The van der Waals surface area contributed by atoms with Crippen molar-refractivity contribution >= 4 is 27.9 Å². The van der Waals surface area contributed by atoms with Gasteiger partial charge in [-0.3, -0.25) is 4.79 Å². The van der Waals surface area contributed by atoms with Crippen LogP contribution in [0.25, 0.3) is 4.96 Å². The van der Waals surface area contributed by atoms with Gasteiger partial charge in [0.2, 0.25) is 9.97 Å². The van der Waals surface area contributed by atoms with Crippen LogP contribution in [0, 0.1) is 6.92 Å². The fourth-order valence-electron chi connectivity index (χ4n) is 1.69. The molecule has 0 bridgehead atoms. The van der Waals surface area contributed by atoms with Crippen LogP contribution in [0.1, 0.15) is 15.6 Å². The second kappa shape index (κ2) is 4.89. The molecule has 0 unspecified atom stereocenters. The molecule has 7 nitrogen and oxygen atoms in total. The zero-order valence-corrected chi connectivity index (χ0v) is 11.6. The lowest BCUT2D eigenvalue weighted by Gasteiger charge is -2.04. The molecule has 2 heterocycles. The molecule has 102 valence electrons. The van der Waals surface area contributed by atoms with Gasteiger partial charge in [-0.15, -0.1) is 15.3 Å². The van der Waals surface area contributed by atoms with E-state index >= 15 is 0 Å². The molecule has 0 saturated carbocycles. The number of carbonyl (C=O) groups is 1. The summed E-state index contributed by atoms with van der Waals surface area (Å²) in [5.41, 5.74) is 0.650. The van der Waals surface area contributed by atoms with Gasteiger partial charge in [0.05, 0.1) is 7.11 Å². The van der Waals surface area contributed by atoms with Crippen molar-refractivity contribution < 1.29 is 9.53 Å². The van der Waals surface area contributed by atoms with Crippen LogP contribution in [-0.4, -0.2) is 32.8 Å². The number of nitrogens with one attached hydrogen (secondary N) is 1. The van der Waals surface area contributed by atoms with Gasteiger partial charge in [-0.05, 0) is 19.1 Å². The monoisotopic (exact) mass is 289 g/mol. The number of aromatic nitrogens is 4. The molecule has 3 aromatic rings. The summed E-state index contributed by atoms with van der Waals surface area (Å²) < 4.78 is 6.65. The van der Waals surface area contributed by atoms with Gasteiger partial charge < -0.3 is 10.1 Å². The lowest BCUT2D eigenvalue weighted by atomic mass is 10.3. The average molecular weight is 289 g/mol. The van der Waals surface area contributed by atoms with Crippen LogP contribution in [0.2, 0.25) is 0 Å².